The van der Waals surface area contributed by atoms with Crippen molar-refractivity contribution in [3.63, 3.8) is 0 Å². The van der Waals surface area contributed by atoms with E-state index in [1.54, 1.807) is 0 Å². The number of amides is 1. The molecule has 3 nitrogen and oxygen atoms in total. The van der Waals surface area contributed by atoms with Crippen LogP contribution in [0.25, 0.3) is 0 Å². The van der Waals surface area contributed by atoms with Crippen molar-refractivity contribution in [1.29, 1.82) is 0 Å². The predicted octanol–water partition coefficient (Wildman–Crippen LogP) is 2.12. The summed E-state index contributed by atoms with van der Waals surface area (Å²) in [5, 5.41) is 0. The van der Waals surface area contributed by atoms with E-state index in [1.165, 1.54) is 31.8 Å². The molecule has 0 aromatic rings. The van der Waals surface area contributed by atoms with Gasteiger partial charge in [0.2, 0.25) is 5.91 Å². The Bertz CT molecular complexity index is 267. The quantitative estimate of drug-likeness (QED) is 0.637. The van der Waals surface area contributed by atoms with E-state index in [4.69, 9.17) is 4.74 Å². The van der Waals surface area contributed by atoms with Crippen molar-refractivity contribution in [2.45, 2.75) is 44.1 Å². The highest BCUT2D eigenvalue weighted by atomic mass is 16.5. The van der Waals surface area contributed by atoms with Crippen LogP contribution in [0.2, 0.25) is 0 Å². The molecule has 1 spiro atoms. The number of rotatable bonds is 1. The Hall–Kier alpha value is -0.830. The van der Waals surface area contributed by atoms with Crippen LogP contribution >= 0.6 is 0 Å². The predicted molar refractivity (Wildman–Crippen MR) is 63.2 cm³/mol. The lowest BCUT2D eigenvalue weighted by molar-refractivity contribution is -0.148. The van der Waals surface area contributed by atoms with Crippen LogP contribution in [0.3, 0.4) is 0 Å². The number of ether oxygens (including phenoxy) is 1. The summed E-state index contributed by atoms with van der Waals surface area (Å²) in [6.45, 7) is 5.71. The maximum Gasteiger partial charge on any atom is 0.246 e. The molecular weight excluding hydrogens is 202 g/mol. The molecule has 0 unspecified atom stereocenters. The second-order valence-corrected chi connectivity index (χ2v) is 4.91. The van der Waals surface area contributed by atoms with Crippen LogP contribution in [0.5, 0.6) is 0 Å². The van der Waals surface area contributed by atoms with Gasteiger partial charge in [0.1, 0.15) is 0 Å². The third-order valence-electron chi connectivity index (χ3n) is 3.75. The maximum absolute atomic E-state index is 11.6. The molecule has 1 heterocycles. The van der Waals surface area contributed by atoms with E-state index in [0.29, 0.717) is 13.2 Å². The first kappa shape index (κ1) is 11.6. The zero-order valence-electron chi connectivity index (χ0n) is 9.91. The lowest BCUT2D eigenvalue weighted by Crippen LogP contribution is -2.53. The van der Waals surface area contributed by atoms with E-state index in [9.17, 15) is 4.79 Å². The van der Waals surface area contributed by atoms with Gasteiger partial charge in [0.15, 0.2) is 0 Å². The highest BCUT2D eigenvalue weighted by Gasteiger charge is 2.37. The van der Waals surface area contributed by atoms with Gasteiger partial charge in [-0.05, 0) is 18.9 Å². The topological polar surface area (TPSA) is 29.5 Å². The maximum atomic E-state index is 11.6. The van der Waals surface area contributed by atoms with Crippen LogP contribution in [-0.4, -0.2) is 36.1 Å². The minimum Gasteiger partial charge on any atom is -0.371 e. The van der Waals surface area contributed by atoms with Gasteiger partial charge >= 0.3 is 0 Å². The molecule has 2 rings (SSSR count). The standard InChI is InChI=1S/C13H21NO2/c1-2-12(15)14-9-10-16-13(11-14)7-5-3-4-6-8-13/h2H,1,3-11H2. The van der Waals surface area contributed by atoms with Gasteiger partial charge in [-0.1, -0.05) is 32.3 Å². The zero-order valence-corrected chi connectivity index (χ0v) is 9.91. The molecule has 1 amide bonds. The summed E-state index contributed by atoms with van der Waals surface area (Å²) in [7, 11) is 0. The van der Waals surface area contributed by atoms with E-state index < -0.39 is 0 Å². The molecule has 0 N–H and O–H groups in total. The summed E-state index contributed by atoms with van der Waals surface area (Å²) in [5.74, 6) is 0.0481. The average molecular weight is 223 g/mol. The van der Waals surface area contributed by atoms with Crippen molar-refractivity contribution in [1.82, 2.24) is 4.90 Å². The van der Waals surface area contributed by atoms with E-state index in [-0.39, 0.29) is 11.5 Å². The molecule has 0 bridgehead atoms. The van der Waals surface area contributed by atoms with Crippen LogP contribution in [-0.2, 0) is 9.53 Å². The van der Waals surface area contributed by atoms with E-state index in [1.807, 2.05) is 4.90 Å². The lowest BCUT2D eigenvalue weighted by Gasteiger charge is -2.42. The highest BCUT2D eigenvalue weighted by molar-refractivity contribution is 5.87. The van der Waals surface area contributed by atoms with Crippen molar-refractivity contribution in [3.05, 3.63) is 12.7 Å². The van der Waals surface area contributed by atoms with Gasteiger partial charge in [0.05, 0.1) is 18.8 Å². The first-order chi connectivity index (χ1) is 7.76. The van der Waals surface area contributed by atoms with Gasteiger partial charge in [-0.15, -0.1) is 0 Å². The van der Waals surface area contributed by atoms with Crippen molar-refractivity contribution >= 4 is 5.91 Å². The number of carbonyl (C=O) groups is 1. The summed E-state index contributed by atoms with van der Waals surface area (Å²) in [5.41, 5.74) is -0.0482. The monoisotopic (exact) mass is 223 g/mol. The van der Waals surface area contributed by atoms with Crippen molar-refractivity contribution in [2.24, 2.45) is 0 Å². The van der Waals surface area contributed by atoms with Gasteiger partial charge in [-0.25, -0.2) is 0 Å². The Morgan fingerprint density at radius 2 is 1.94 bits per heavy atom. The average Bonchev–Trinajstić information content (AvgIpc) is 2.54. The fourth-order valence-electron chi connectivity index (χ4n) is 2.84. The summed E-state index contributed by atoms with van der Waals surface area (Å²) in [6, 6.07) is 0. The smallest absolute Gasteiger partial charge is 0.246 e. The lowest BCUT2D eigenvalue weighted by atomic mass is 9.92. The Morgan fingerprint density at radius 3 is 2.56 bits per heavy atom. The normalized spacial score (nSPS) is 25.1. The van der Waals surface area contributed by atoms with Crippen LogP contribution in [0.15, 0.2) is 12.7 Å². The molecule has 90 valence electrons. The third-order valence-corrected chi connectivity index (χ3v) is 3.75. The molecule has 1 saturated heterocycles. The Labute approximate surface area is 97.5 Å². The second kappa shape index (κ2) is 5.00. The molecule has 0 aromatic heterocycles. The highest BCUT2D eigenvalue weighted by Crippen LogP contribution is 2.33. The zero-order chi connectivity index (χ0) is 11.4. The van der Waals surface area contributed by atoms with Crippen molar-refractivity contribution < 1.29 is 9.53 Å². The van der Waals surface area contributed by atoms with E-state index >= 15 is 0 Å². The fourth-order valence-corrected chi connectivity index (χ4v) is 2.84. The molecule has 2 aliphatic rings. The summed E-state index contributed by atoms with van der Waals surface area (Å²) in [6.07, 6.45) is 8.70. The van der Waals surface area contributed by atoms with Crippen LogP contribution in [0.4, 0.5) is 0 Å². The fraction of sp³-hybridized carbons (Fsp3) is 0.769. The number of carbonyl (C=O) groups excluding carboxylic acids is 1. The summed E-state index contributed by atoms with van der Waals surface area (Å²) < 4.78 is 5.98. The molecule has 3 heteroatoms. The Morgan fingerprint density at radius 1 is 1.25 bits per heavy atom. The van der Waals surface area contributed by atoms with Gasteiger partial charge < -0.3 is 9.64 Å². The Balaban J connectivity index is 2.03. The molecule has 1 aliphatic carbocycles. The summed E-state index contributed by atoms with van der Waals surface area (Å²) in [4.78, 5) is 13.5. The molecule has 16 heavy (non-hydrogen) atoms. The molecule has 0 atom stereocenters. The van der Waals surface area contributed by atoms with E-state index in [0.717, 1.165) is 19.4 Å². The summed E-state index contributed by atoms with van der Waals surface area (Å²) >= 11 is 0. The number of morpholine rings is 1. The largest absolute Gasteiger partial charge is 0.371 e. The SMILES string of the molecule is C=CC(=O)N1CCOC2(CCCCCC2)C1. The minimum absolute atomic E-state index is 0.0481. The van der Waals surface area contributed by atoms with Gasteiger partial charge in [-0.2, -0.15) is 0 Å². The first-order valence-electron chi connectivity index (χ1n) is 6.31. The van der Waals surface area contributed by atoms with Gasteiger partial charge in [-0.3, -0.25) is 4.79 Å². The molecular formula is C13H21NO2. The molecule has 0 radical (unpaired) electrons. The molecule has 2 fully saturated rings. The van der Waals surface area contributed by atoms with Crippen LogP contribution < -0.4 is 0 Å². The third kappa shape index (κ3) is 2.46. The molecule has 1 aliphatic heterocycles. The molecule has 0 aromatic carbocycles. The molecule has 1 saturated carbocycles. The Kier molecular flexibility index (Phi) is 3.64. The van der Waals surface area contributed by atoms with Gasteiger partial charge in [0.25, 0.3) is 0 Å². The van der Waals surface area contributed by atoms with E-state index in [2.05, 4.69) is 6.58 Å². The van der Waals surface area contributed by atoms with Crippen molar-refractivity contribution in [3.8, 4) is 0 Å². The van der Waals surface area contributed by atoms with Crippen molar-refractivity contribution in [2.75, 3.05) is 19.7 Å². The number of hydrogen-bond donors (Lipinski definition) is 0. The number of nitrogens with zero attached hydrogens (tertiary/aromatic N) is 1. The number of hydrogen-bond acceptors (Lipinski definition) is 2. The van der Waals surface area contributed by atoms with Crippen LogP contribution in [0.1, 0.15) is 38.5 Å². The van der Waals surface area contributed by atoms with Gasteiger partial charge in [0, 0.05) is 6.54 Å². The van der Waals surface area contributed by atoms with Crippen LogP contribution in [0, 0.1) is 0 Å². The second-order valence-electron chi connectivity index (χ2n) is 4.91. The minimum atomic E-state index is -0.0482. The first-order valence-corrected chi connectivity index (χ1v) is 6.31.